The van der Waals surface area contributed by atoms with Crippen LogP contribution >= 0.6 is 0 Å². The molecule has 0 radical (unpaired) electrons. The van der Waals surface area contributed by atoms with Crippen LogP contribution in [0.1, 0.15) is 57.8 Å². The summed E-state index contributed by atoms with van der Waals surface area (Å²) in [4.78, 5) is 38.2. The standard InChI is InChI=1S/C17H27N3O4/c21-14(18-11-13-7-6-10-24-13)12-20-15(22)17(19-16(20)23)8-4-2-1-3-5-9-17/h13H,1-12H2,(H,18,21)(H,19,23)/t13-/m1/s1. The second kappa shape index (κ2) is 7.51. The fourth-order valence-electron chi connectivity index (χ4n) is 3.90. The highest BCUT2D eigenvalue weighted by atomic mass is 16.5. The monoisotopic (exact) mass is 337 g/mol. The van der Waals surface area contributed by atoms with Crippen molar-refractivity contribution in [3.05, 3.63) is 0 Å². The SMILES string of the molecule is O=C(CN1C(=O)NC2(CCCCCCC2)C1=O)NC[C@H]1CCCO1. The van der Waals surface area contributed by atoms with Crippen LogP contribution in [0.5, 0.6) is 0 Å². The first kappa shape index (κ1) is 17.2. The fraction of sp³-hybridized carbons (Fsp3) is 0.824. The zero-order valence-electron chi connectivity index (χ0n) is 14.1. The highest BCUT2D eigenvalue weighted by Gasteiger charge is 2.50. The van der Waals surface area contributed by atoms with E-state index in [0.717, 1.165) is 50.0 Å². The third-order valence-electron chi connectivity index (χ3n) is 5.31. The third kappa shape index (κ3) is 3.71. The van der Waals surface area contributed by atoms with Crippen molar-refractivity contribution in [3.63, 3.8) is 0 Å². The third-order valence-corrected chi connectivity index (χ3v) is 5.31. The number of ether oxygens (including phenoxy) is 1. The molecular weight excluding hydrogens is 310 g/mol. The molecule has 7 nitrogen and oxygen atoms in total. The Labute approximate surface area is 142 Å². The summed E-state index contributed by atoms with van der Waals surface area (Å²) in [5.74, 6) is -0.543. The van der Waals surface area contributed by atoms with Gasteiger partial charge in [-0.2, -0.15) is 0 Å². The maximum atomic E-state index is 12.8. The van der Waals surface area contributed by atoms with Crippen molar-refractivity contribution < 1.29 is 19.1 Å². The molecule has 0 aromatic heterocycles. The van der Waals surface area contributed by atoms with Crippen LogP contribution in [-0.2, 0) is 14.3 Å². The van der Waals surface area contributed by atoms with Gasteiger partial charge >= 0.3 is 6.03 Å². The van der Waals surface area contributed by atoms with Crippen molar-refractivity contribution in [1.29, 1.82) is 0 Å². The van der Waals surface area contributed by atoms with Gasteiger partial charge in [-0.15, -0.1) is 0 Å². The molecule has 0 unspecified atom stereocenters. The van der Waals surface area contributed by atoms with Crippen molar-refractivity contribution >= 4 is 17.8 Å². The quantitative estimate of drug-likeness (QED) is 0.757. The van der Waals surface area contributed by atoms with Crippen molar-refractivity contribution in [2.45, 2.75) is 69.4 Å². The van der Waals surface area contributed by atoms with E-state index in [0.29, 0.717) is 19.4 Å². The van der Waals surface area contributed by atoms with Crippen molar-refractivity contribution in [1.82, 2.24) is 15.5 Å². The van der Waals surface area contributed by atoms with E-state index in [1.807, 2.05) is 0 Å². The van der Waals surface area contributed by atoms with Gasteiger partial charge in [-0.05, 0) is 25.7 Å². The minimum atomic E-state index is -0.785. The van der Waals surface area contributed by atoms with Crippen molar-refractivity contribution in [3.8, 4) is 0 Å². The molecule has 7 heteroatoms. The zero-order valence-corrected chi connectivity index (χ0v) is 14.1. The van der Waals surface area contributed by atoms with Gasteiger partial charge in [0.25, 0.3) is 5.91 Å². The Hall–Kier alpha value is -1.63. The molecule has 24 heavy (non-hydrogen) atoms. The summed E-state index contributed by atoms with van der Waals surface area (Å²) in [5, 5.41) is 5.64. The normalized spacial score (nSPS) is 27.0. The van der Waals surface area contributed by atoms with E-state index in [1.54, 1.807) is 0 Å². The number of nitrogens with zero attached hydrogens (tertiary/aromatic N) is 1. The first-order chi connectivity index (χ1) is 11.6. The molecule has 3 fully saturated rings. The predicted molar refractivity (Wildman–Crippen MR) is 87.3 cm³/mol. The van der Waals surface area contributed by atoms with E-state index >= 15 is 0 Å². The molecule has 1 aliphatic carbocycles. The molecule has 1 atom stereocenters. The van der Waals surface area contributed by atoms with Gasteiger partial charge in [0.2, 0.25) is 5.91 Å². The topological polar surface area (TPSA) is 87.7 Å². The summed E-state index contributed by atoms with van der Waals surface area (Å²) in [6.07, 6.45) is 8.58. The summed E-state index contributed by atoms with van der Waals surface area (Å²) in [7, 11) is 0. The van der Waals surface area contributed by atoms with Gasteiger partial charge in [-0.1, -0.05) is 32.1 Å². The van der Waals surface area contributed by atoms with Crippen LogP contribution in [-0.4, -0.2) is 54.1 Å². The number of urea groups is 1. The van der Waals surface area contributed by atoms with E-state index in [2.05, 4.69) is 10.6 Å². The lowest BCUT2D eigenvalue weighted by molar-refractivity contribution is -0.135. The Morgan fingerprint density at radius 2 is 1.88 bits per heavy atom. The average molecular weight is 337 g/mol. The number of amides is 4. The number of nitrogens with one attached hydrogen (secondary N) is 2. The van der Waals surface area contributed by atoms with Crippen LogP contribution in [0.2, 0.25) is 0 Å². The summed E-state index contributed by atoms with van der Waals surface area (Å²) < 4.78 is 5.46. The minimum Gasteiger partial charge on any atom is -0.376 e. The Morgan fingerprint density at radius 1 is 1.17 bits per heavy atom. The number of imide groups is 1. The lowest BCUT2D eigenvalue weighted by Gasteiger charge is -2.28. The maximum Gasteiger partial charge on any atom is 0.325 e. The number of carbonyl (C=O) groups excluding carboxylic acids is 3. The number of carbonyl (C=O) groups is 3. The average Bonchev–Trinajstić information content (AvgIpc) is 3.12. The molecule has 2 heterocycles. The molecule has 0 aromatic rings. The fourth-order valence-corrected chi connectivity index (χ4v) is 3.90. The molecule has 3 rings (SSSR count). The lowest BCUT2D eigenvalue weighted by atomic mass is 9.84. The van der Waals surface area contributed by atoms with E-state index < -0.39 is 11.6 Å². The van der Waals surface area contributed by atoms with Gasteiger partial charge in [0.15, 0.2) is 0 Å². The molecule has 1 spiro atoms. The first-order valence-corrected chi connectivity index (χ1v) is 9.13. The minimum absolute atomic E-state index is 0.0500. The Balaban J connectivity index is 1.55. The second-order valence-electron chi connectivity index (χ2n) is 7.11. The highest BCUT2D eigenvalue weighted by Crippen LogP contribution is 2.31. The van der Waals surface area contributed by atoms with Crippen molar-refractivity contribution in [2.75, 3.05) is 19.7 Å². The van der Waals surface area contributed by atoms with Gasteiger partial charge in [-0.25, -0.2) is 4.79 Å². The Kier molecular flexibility index (Phi) is 5.38. The summed E-state index contributed by atoms with van der Waals surface area (Å²) in [5.41, 5.74) is -0.785. The van der Waals surface area contributed by atoms with Crippen LogP contribution in [0.3, 0.4) is 0 Å². The Bertz CT molecular complexity index is 494. The molecule has 2 saturated heterocycles. The van der Waals surface area contributed by atoms with Gasteiger partial charge in [-0.3, -0.25) is 14.5 Å². The smallest absolute Gasteiger partial charge is 0.325 e. The lowest BCUT2D eigenvalue weighted by Crippen LogP contribution is -2.48. The predicted octanol–water partition coefficient (Wildman–Crippen LogP) is 1.32. The largest absolute Gasteiger partial charge is 0.376 e. The van der Waals surface area contributed by atoms with E-state index in [4.69, 9.17) is 4.74 Å². The molecule has 3 aliphatic rings. The molecule has 2 aliphatic heterocycles. The van der Waals surface area contributed by atoms with Crippen LogP contribution < -0.4 is 10.6 Å². The first-order valence-electron chi connectivity index (χ1n) is 9.13. The van der Waals surface area contributed by atoms with Crippen molar-refractivity contribution in [2.24, 2.45) is 0 Å². The number of hydrogen-bond acceptors (Lipinski definition) is 4. The van der Waals surface area contributed by atoms with Crippen LogP contribution in [0, 0.1) is 0 Å². The molecule has 0 bridgehead atoms. The molecule has 134 valence electrons. The second-order valence-corrected chi connectivity index (χ2v) is 7.11. The van der Waals surface area contributed by atoms with E-state index in [9.17, 15) is 14.4 Å². The van der Waals surface area contributed by atoms with Crippen LogP contribution in [0.15, 0.2) is 0 Å². The molecule has 4 amide bonds. The number of hydrogen-bond donors (Lipinski definition) is 2. The zero-order chi connectivity index (χ0) is 17.0. The summed E-state index contributed by atoms with van der Waals surface area (Å²) in [6.45, 7) is 0.961. The maximum absolute atomic E-state index is 12.8. The van der Waals surface area contributed by atoms with Gasteiger partial charge in [0.05, 0.1) is 6.10 Å². The van der Waals surface area contributed by atoms with Gasteiger partial charge in [0, 0.05) is 13.2 Å². The summed E-state index contributed by atoms with van der Waals surface area (Å²) >= 11 is 0. The molecular formula is C17H27N3O4. The van der Waals surface area contributed by atoms with Crippen LogP contribution in [0.25, 0.3) is 0 Å². The highest BCUT2D eigenvalue weighted by molar-refractivity contribution is 6.09. The Morgan fingerprint density at radius 3 is 2.54 bits per heavy atom. The molecule has 1 saturated carbocycles. The van der Waals surface area contributed by atoms with E-state index in [1.165, 1.54) is 6.42 Å². The van der Waals surface area contributed by atoms with E-state index in [-0.39, 0.29) is 24.5 Å². The molecule has 0 aromatic carbocycles. The summed E-state index contributed by atoms with van der Waals surface area (Å²) in [6, 6.07) is -0.437. The van der Waals surface area contributed by atoms with Gasteiger partial charge < -0.3 is 15.4 Å². The molecule has 2 N–H and O–H groups in total. The van der Waals surface area contributed by atoms with Gasteiger partial charge in [0.1, 0.15) is 12.1 Å². The number of rotatable bonds is 4. The van der Waals surface area contributed by atoms with Crippen LogP contribution in [0.4, 0.5) is 4.79 Å².